The molecule has 0 bridgehead atoms. The highest BCUT2D eigenvalue weighted by Gasteiger charge is 2.51. The van der Waals surface area contributed by atoms with Gasteiger partial charge in [-0.3, -0.25) is 0 Å². The lowest BCUT2D eigenvalue weighted by molar-refractivity contribution is -0.120. The smallest absolute Gasteiger partial charge is 0.493 e. The Bertz CT molecular complexity index is 535. The Morgan fingerprint density at radius 3 is 2.23 bits per heavy atom. The van der Waals surface area contributed by atoms with Gasteiger partial charge in [-0.15, -0.1) is 0 Å². The van der Waals surface area contributed by atoms with E-state index in [0.29, 0.717) is 6.61 Å². The van der Waals surface area contributed by atoms with Gasteiger partial charge in [-0.1, -0.05) is 19.1 Å². The highest BCUT2D eigenvalue weighted by atomic mass is 16.7. The summed E-state index contributed by atoms with van der Waals surface area (Å²) < 4.78 is 23.4. The Balaban J connectivity index is 1.69. The van der Waals surface area contributed by atoms with Crippen molar-refractivity contribution in [2.45, 2.75) is 45.8 Å². The van der Waals surface area contributed by atoms with Gasteiger partial charge in [0.2, 0.25) is 0 Å². The van der Waals surface area contributed by atoms with E-state index in [1.54, 1.807) is 0 Å². The second-order valence-corrected chi connectivity index (χ2v) is 7.75. The van der Waals surface area contributed by atoms with Crippen LogP contribution in [0.3, 0.4) is 0 Å². The lowest BCUT2D eigenvalue weighted by atomic mass is 9.79. The van der Waals surface area contributed by atoms with Crippen molar-refractivity contribution in [2.24, 2.45) is 5.41 Å². The first-order valence-electron chi connectivity index (χ1n) is 7.87. The summed E-state index contributed by atoms with van der Waals surface area (Å²) in [6.45, 7) is 12.6. The van der Waals surface area contributed by atoms with Crippen molar-refractivity contribution < 1.29 is 18.8 Å². The summed E-state index contributed by atoms with van der Waals surface area (Å²) in [5.41, 5.74) is 0.475. The molecule has 2 saturated heterocycles. The van der Waals surface area contributed by atoms with Gasteiger partial charge in [-0.05, 0) is 45.3 Å². The first-order chi connectivity index (χ1) is 10.2. The van der Waals surface area contributed by atoms with Gasteiger partial charge in [-0.2, -0.15) is 0 Å². The number of ether oxygens (including phenoxy) is 2. The minimum atomic E-state index is -0.351. The van der Waals surface area contributed by atoms with Gasteiger partial charge in [0, 0.05) is 5.41 Å². The molecule has 1 aromatic rings. The molecule has 120 valence electrons. The SMILES string of the molecule is CC1(COc2cccc(B3OC(C)(C)C(C)(C)O3)c2)COC1. The van der Waals surface area contributed by atoms with E-state index in [4.69, 9.17) is 18.8 Å². The zero-order chi connectivity index (χ0) is 16.0. The third-order valence-corrected chi connectivity index (χ3v) is 4.87. The molecule has 5 heteroatoms. The molecule has 0 aromatic heterocycles. The standard InChI is InChI=1S/C17H25BO4/c1-15(2)16(3,4)22-18(21-15)13-7-6-8-14(9-13)20-12-17(5)10-19-11-17/h6-9H,10-12H2,1-5H3. The molecule has 0 saturated carbocycles. The third-order valence-electron chi connectivity index (χ3n) is 4.87. The van der Waals surface area contributed by atoms with Crippen LogP contribution < -0.4 is 10.2 Å². The monoisotopic (exact) mass is 304 g/mol. The molecular formula is C17H25BO4. The van der Waals surface area contributed by atoms with Crippen LogP contribution >= 0.6 is 0 Å². The van der Waals surface area contributed by atoms with Gasteiger partial charge in [0.15, 0.2) is 0 Å². The van der Waals surface area contributed by atoms with Gasteiger partial charge in [-0.25, -0.2) is 0 Å². The molecular weight excluding hydrogens is 279 g/mol. The van der Waals surface area contributed by atoms with Crippen LogP contribution in [0.4, 0.5) is 0 Å². The Labute approximate surface area is 133 Å². The molecule has 0 unspecified atom stereocenters. The molecule has 4 nitrogen and oxygen atoms in total. The Morgan fingerprint density at radius 1 is 1.05 bits per heavy atom. The molecule has 3 rings (SSSR count). The maximum Gasteiger partial charge on any atom is 0.494 e. The van der Waals surface area contributed by atoms with Crippen molar-refractivity contribution in [1.29, 1.82) is 0 Å². The summed E-state index contributed by atoms with van der Waals surface area (Å²) in [4.78, 5) is 0. The average molecular weight is 304 g/mol. The Kier molecular flexibility index (Phi) is 3.79. The average Bonchev–Trinajstić information content (AvgIpc) is 2.64. The minimum Gasteiger partial charge on any atom is -0.493 e. The first-order valence-corrected chi connectivity index (χ1v) is 7.87. The molecule has 0 radical (unpaired) electrons. The molecule has 0 amide bonds. The van der Waals surface area contributed by atoms with E-state index >= 15 is 0 Å². The first kappa shape index (κ1) is 15.8. The van der Waals surface area contributed by atoms with Crippen LogP contribution in [0.2, 0.25) is 0 Å². The number of rotatable bonds is 4. The van der Waals surface area contributed by atoms with Crippen molar-refractivity contribution in [3.8, 4) is 5.75 Å². The second kappa shape index (κ2) is 5.26. The van der Waals surface area contributed by atoms with E-state index in [0.717, 1.165) is 24.4 Å². The fraction of sp³-hybridized carbons (Fsp3) is 0.647. The molecule has 22 heavy (non-hydrogen) atoms. The topological polar surface area (TPSA) is 36.9 Å². The Hall–Kier alpha value is -1.04. The lowest BCUT2D eigenvalue weighted by Crippen LogP contribution is -2.44. The van der Waals surface area contributed by atoms with E-state index < -0.39 is 0 Å². The zero-order valence-electron chi connectivity index (χ0n) is 14.1. The summed E-state index contributed by atoms with van der Waals surface area (Å²) >= 11 is 0. The number of hydrogen-bond donors (Lipinski definition) is 0. The van der Waals surface area contributed by atoms with Crippen molar-refractivity contribution in [1.82, 2.24) is 0 Å². The fourth-order valence-electron chi connectivity index (χ4n) is 2.52. The van der Waals surface area contributed by atoms with E-state index in [1.807, 2.05) is 24.3 Å². The van der Waals surface area contributed by atoms with Crippen LogP contribution in [0.25, 0.3) is 0 Å². The van der Waals surface area contributed by atoms with Crippen LogP contribution in [0, 0.1) is 5.41 Å². The minimum absolute atomic E-state index is 0.139. The van der Waals surface area contributed by atoms with E-state index in [2.05, 4.69) is 34.6 Å². The lowest BCUT2D eigenvalue weighted by Gasteiger charge is -2.37. The van der Waals surface area contributed by atoms with Gasteiger partial charge < -0.3 is 18.8 Å². The molecule has 0 N–H and O–H groups in total. The highest BCUT2D eigenvalue weighted by molar-refractivity contribution is 6.62. The fourth-order valence-corrected chi connectivity index (χ4v) is 2.52. The van der Waals surface area contributed by atoms with Crippen LogP contribution in [0.5, 0.6) is 5.75 Å². The van der Waals surface area contributed by atoms with Gasteiger partial charge in [0.05, 0.1) is 31.0 Å². The quantitative estimate of drug-likeness (QED) is 0.801. The molecule has 0 atom stereocenters. The molecule has 2 aliphatic rings. The van der Waals surface area contributed by atoms with Gasteiger partial charge >= 0.3 is 7.12 Å². The predicted octanol–water partition coefficient (Wildman–Crippen LogP) is 2.40. The van der Waals surface area contributed by atoms with E-state index in [1.165, 1.54) is 0 Å². The second-order valence-electron chi connectivity index (χ2n) is 7.75. The van der Waals surface area contributed by atoms with E-state index in [-0.39, 0.29) is 23.7 Å². The normalized spacial score (nSPS) is 24.9. The zero-order valence-corrected chi connectivity index (χ0v) is 14.1. The largest absolute Gasteiger partial charge is 0.494 e. The molecule has 0 aliphatic carbocycles. The number of benzene rings is 1. The molecule has 2 aliphatic heterocycles. The van der Waals surface area contributed by atoms with Crippen molar-refractivity contribution in [3.63, 3.8) is 0 Å². The Morgan fingerprint density at radius 2 is 1.68 bits per heavy atom. The van der Waals surface area contributed by atoms with Crippen LogP contribution in [-0.4, -0.2) is 38.1 Å². The van der Waals surface area contributed by atoms with Gasteiger partial charge in [0.1, 0.15) is 5.75 Å². The molecule has 2 fully saturated rings. The summed E-state index contributed by atoms with van der Waals surface area (Å²) in [6, 6.07) is 7.97. The molecule has 1 aromatic carbocycles. The molecule has 2 heterocycles. The molecule has 0 spiro atoms. The van der Waals surface area contributed by atoms with Crippen molar-refractivity contribution >= 4 is 12.6 Å². The summed E-state index contributed by atoms with van der Waals surface area (Å²) in [5.74, 6) is 0.848. The number of hydrogen-bond acceptors (Lipinski definition) is 4. The summed E-state index contributed by atoms with van der Waals surface area (Å²) in [6.07, 6.45) is 0. The predicted molar refractivity (Wildman–Crippen MR) is 86.6 cm³/mol. The third kappa shape index (κ3) is 2.90. The van der Waals surface area contributed by atoms with Crippen molar-refractivity contribution in [2.75, 3.05) is 19.8 Å². The maximum absolute atomic E-state index is 6.09. The van der Waals surface area contributed by atoms with Crippen LogP contribution in [-0.2, 0) is 14.0 Å². The van der Waals surface area contributed by atoms with Crippen molar-refractivity contribution in [3.05, 3.63) is 24.3 Å². The summed E-state index contributed by atoms with van der Waals surface area (Å²) in [5, 5.41) is 0. The maximum atomic E-state index is 6.09. The summed E-state index contributed by atoms with van der Waals surface area (Å²) in [7, 11) is -0.351. The van der Waals surface area contributed by atoms with Crippen LogP contribution in [0.1, 0.15) is 34.6 Å². The van der Waals surface area contributed by atoms with Gasteiger partial charge in [0.25, 0.3) is 0 Å². The highest BCUT2D eigenvalue weighted by Crippen LogP contribution is 2.36. The van der Waals surface area contributed by atoms with E-state index in [9.17, 15) is 0 Å². The van der Waals surface area contributed by atoms with Crippen LogP contribution in [0.15, 0.2) is 24.3 Å².